The Morgan fingerprint density at radius 1 is 1.78 bits per heavy atom. The molecule has 0 heterocycles. The Kier molecular flexibility index (Phi) is 4.33. The van der Waals surface area contributed by atoms with Crippen LogP contribution in [0.1, 0.15) is 6.92 Å². The van der Waals surface area contributed by atoms with Crippen molar-refractivity contribution < 1.29 is 12.9 Å². The number of hydrogen-bond acceptors (Lipinski definition) is 3. The van der Waals surface area contributed by atoms with E-state index in [9.17, 15) is 12.9 Å². The summed E-state index contributed by atoms with van der Waals surface area (Å²) in [4.78, 5) is 0. The molecule has 0 aliphatic heterocycles. The zero-order valence-electron chi connectivity index (χ0n) is 4.75. The Balaban J connectivity index is 3.87. The third-order valence-electron chi connectivity index (χ3n) is 0.825. The van der Waals surface area contributed by atoms with Crippen LogP contribution in [0, 0.1) is 0 Å². The highest BCUT2D eigenvalue weighted by molar-refractivity contribution is 9.09. The Morgan fingerprint density at radius 2 is 2.22 bits per heavy atom. The molecule has 0 saturated carbocycles. The van der Waals surface area contributed by atoms with E-state index in [1.54, 1.807) is 0 Å². The van der Waals surface area contributed by atoms with E-state index >= 15 is 0 Å². The van der Waals surface area contributed by atoms with Gasteiger partial charge in [0.1, 0.15) is 5.37 Å². The van der Waals surface area contributed by atoms with Crippen LogP contribution in [0.25, 0.3) is 0 Å². The first-order chi connectivity index (χ1) is 4.09. The van der Waals surface area contributed by atoms with Gasteiger partial charge >= 0.3 is 0 Å². The largest absolute Gasteiger partial charge is 0.230 e. The minimum atomic E-state index is -2.69. The van der Waals surface area contributed by atoms with Crippen molar-refractivity contribution in [1.29, 1.82) is 0 Å². The maximum Gasteiger partial charge on any atom is 0.158 e. The van der Waals surface area contributed by atoms with Crippen molar-refractivity contribution in [1.82, 2.24) is 5.12 Å². The molecule has 0 radical (unpaired) electrons. The fourth-order valence-electron chi connectivity index (χ4n) is 0.202. The van der Waals surface area contributed by atoms with Gasteiger partial charge in [0, 0.05) is 0 Å². The second-order valence-electron chi connectivity index (χ2n) is 1.44. The number of hydrogen-bond donors (Lipinski definition) is 1. The van der Waals surface area contributed by atoms with Gasteiger partial charge in [-0.15, -0.1) is 9.60 Å². The maximum atomic E-state index is 12.2. The minimum absolute atomic E-state index is 0.0858. The van der Waals surface area contributed by atoms with E-state index in [-0.39, 0.29) is 10.6 Å². The monoisotopic (exact) mass is 219 g/mol. The van der Waals surface area contributed by atoms with Gasteiger partial charge in [-0.3, -0.25) is 0 Å². The molecule has 1 atom stereocenters. The van der Waals surface area contributed by atoms with E-state index < -0.39 is 16.1 Å². The summed E-state index contributed by atoms with van der Waals surface area (Å²) in [6.45, 7) is 1.27. The first-order valence-electron chi connectivity index (χ1n) is 2.21. The summed E-state index contributed by atoms with van der Waals surface area (Å²) >= 11 is 2.77. The molecule has 0 fully saturated rings. The molecule has 0 amide bonds. The van der Waals surface area contributed by atoms with Crippen LogP contribution >= 0.6 is 15.9 Å². The van der Waals surface area contributed by atoms with Crippen LogP contribution in [-0.2, 0) is 10.7 Å². The standard InChI is InChI=1S/C3H7BrFNO2S/c1-3(9(7)8)6(5)2-4/h3,9H,2H2,1H3. The zero-order valence-corrected chi connectivity index (χ0v) is 7.23. The number of thiol groups is 1. The first-order valence-corrected chi connectivity index (χ1v) is 4.58. The molecule has 1 unspecified atom stereocenters. The van der Waals surface area contributed by atoms with E-state index in [4.69, 9.17) is 0 Å². The lowest BCUT2D eigenvalue weighted by atomic mass is 10.7. The van der Waals surface area contributed by atoms with Gasteiger partial charge in [0.05, 0.1) is 5.45 Å². The second-order valence-corrected chi connectivity index (χ2v) is 3.26. The minimum Gasteiger partial charge on any atom is -0.230 e. The third-order valence-corrected chi connectivity index (χ3v) is 2.16. The van der Waals surface area contributed by atoms with Gasteiger partial charge in [-0.05, 0) is 6.92 Å². The smallest absolute Gasteiger partial charge is 0.158 e. The van der Waals surface area contributed by atoms with Crippen LogP contribution < -0.4 is 0 Å². The fourth-order valence-corrected chi connectivity index (χ4v) is 1.15. The van der Waals surface area contributed by atoms with Gasteiger partial charge in [-0.2, -0.15) is 0 Å². The topological polar surface area (TPSA) is 37.4 Å². The maximum absolute atomic E-state index is 12.2. The van der Waals surface area contributed by atoms with E-state index in [1.165, 1.54) is 6.92 Å². The van der Waals surface area contributed by atoms with Crippen molar-refractivity contribution in [2.75, 3.05) is 5.45 Å². The van der Waals surface area contributed by atoms with E-state index in [1.807, 2.05) is 0 Å². The Morgan fingerprint density at radius 3 is 2.33 bits per heavy atom. The summed E-state index contributed by atoms with van der Waals surface area (Å²) in [5, 5.41) is -0.856. The van der Waals surface area contributed by atoms with Crippen molar-refractivity contribution >= 4 is 26.6 Å². The lowest BCUT2D eigenvalue weighted by Gasteiger charge is -2.09. The number of alkyl halides is 1. The Hall–Kier alpha value is 0.320. The molecular formula is C3H7BrFNO2S. The van der Waals surface area contributed by atoms with Gasteiger partial charge in [0.25, 0.3) is 0 Å². The lowest BCUT2D eigenvalue weighted by molar-refractivity contribution is 0.0434. The molecule has 6 heteroatoms. The van der Waals surface area contributed by atoms with Crippen molar-refractivity contribution in [3.63, 3.8) is 0 Å². The molecule has 0 rings (SSSR count). The van der Waals surface area contributed by atoms with Crippen LogP contribution in [0.3, 0.4) is 0 Å². The zero-order chi connectivity index (χ0) is 7.44. The summed E-state index contributed by atoms with van der Waals surface area (Å²) in [5.74, 6) is 0. The highest BCUT2D eigenvalue weighted by atomic mass is 79.9. The molecule has 9 heavy (non-hydrogen) atoms. The molecular weight excluding hydrogens is 213 g/mol. The molecule has 0 N–H and O–H groups in total. The van der Waals surface area contributed by atoms with Gasteiger partial charge in [-0.1, -0.05) is 15.9 Å². The molecule has 3 nitrogen and oxygen atoms in total. The predicted octanol–water partition coefficient (Wildman–Crippen LogP) is 0.483. The summed E-state index contributed by atoms with van der Waals surface area (Å²) in [6.07, 6.45) is 0. The average molecular weight is 220 g/mol. The van der Waals surface area contributed by atoms with Crippen LogP contribution in [-0.4, -0.2) is 24.4 Å². The molecule has 0 saturated heterocycles. The highest BCUT2D eigenvalue weighted by Gasteiger charge is 2.12. The van der Waals surface area contributed by atoms with Crippen molar-refractivity contribution in [2.45, 2.75) is 12.3 Å². The SMILES string of the molecule is CC(N(F)CBr)[SH](=O)=O. The molecule has 0 aromatic carbocycles. The van der Waals surface area contributed by atoms with E-state index in [0.29, 0.717) is 0 Å². The highest BCUT2D eigenvalue weighted by Crippen LogP contribution is 2.01. The Bertz CT molecular complexity index is 143. The van der Waals surface area contributed by atoms with Gasteiger partial charge in [0.15, 0.2) is 10.7 Å². The van der Waals surface area contributed by atoms with Crippen molar-refractivity contribution in [3.05, 3.63) is 0 Å². The number of rotatable bonds is 3. The quantitative estimate of drug-likeness (QED) is 0.325. The molecule has 0 aromatic rings. The normalized spacial score (nSPS) is 14.8. The van der Waals surface area contributed by atoms with E-state index in [0.717, 1.165) is 0 Å². The van der Waals surface area contributed by atoms with Gasteiger partial charge in [0.2, 0.25) is 0 Å². The summed E-state index contributed by atoms with van der Waals surface area (Å²) in [6, 6.07) is 0. The summed E-state index contributed by atoms with van der Waals surface area (Å²) < 4.78 is 32.2. The van der Waals surface area contributed by atoms with Gasteiger partial charge < -0.3 is 0 Å². The molecule has 0 aliphatic rings. The lowest BCUT2D eigenvalue weighted by Crippen LogP contribution is -2.24. The molecule has 0 aliphatic carbocycles. The van der Waals surface area contributed by atoms with Crippen LogP contribution in [0.4, 0.5) is 4.48 Å². The third kappa shape index (κ3) is 3.12. The van der Waals surface area contributed by atoms with Crippen molar-refractivity contribution in [3.8, 4) is 0 Å². The predicted molar refractivity (Wildman–Crippen MR) is 36.5 cm³/mol. The molecule has 0 spiro atoms. The second kappa shape index (κ2) is 4.19. The average Bonchev–Trinajstić information content (AvgIpc) is 1.84. The number of halogens is 2. The van der Waals surface area contributed by atoms with Crippen molar-refractivity contribution in [2.24, 2.45) is 0 Å². The fraction of sp³-hybridized carbons (Fsp3) is 1.00. The summed E-state index contributed by atoms with van der Waals surface area (Å²) in [7, 11) is -2.69. The summed E-state index contributed by atoms with van der Waals surface area (Å²) in [5.41, 5.74) is -0.0858. The van der Waals surface area contributed by atoms with Crippen LogP contribution in [0.5, 0.6) is 0 Å². The van der Waals surface area contributed by atoms with E-state index in [2.05, 4.69) is 15.9 Å². The Labute approximate surface area is 62.9 Å². The molecule has 56 valence electrons. The first kappa shape index (κ1) is 9.32. The molecule has 0 bridgehead atoms. The molecule has 0 aromatic heterocycles. The van der Waals surface area contributed by atoms with Crippen LogP contribution in [0.2, 0.25) is 0 Å². The number of nitrogens with zero attached hydrogens (tertiary/aromatic N) is 1. The van der Waals surface area contributed by atoms with Gasteiger partial charge in [-0.25, -0.2) is 8.42 Å². The van der Waals surface area contributed by atoms with Crippen LogP contribution in [0.15, 0.2) is 0 Å².